The Morgan fingerprint density at radius 1 is 0.765 bits per heavy atom. The van der Waals surface area contributed by atoms with E-state index in [2.05, 4.69) is 43.0 Å². The van der Waals surface area contributed by atoms with Crippen molar-refractivity contribution in [2.45, 2.75) is 82.5 Å². The maximum Gasteiger partial charge on any atom is 0.304 e. The fourth-order valence-corrected chi connectivity index (χ4v) is 5.71. The van der Waals surface area contributed by atoms with E-state index in [1.54, 1.807) is 0 Å². The van der Waals surface area contributed by atoms with Crippen molar-refractivity contribution in [2.75, 3.05) is 18.1 Å². The Labute approximate surface area is 210 Å². The van der Waals surface area contributed by atoms with Crippen LogP contribution in [0.5, 0.6) is 0 Å². The van der Waals surface area contributed by atoms with Gasteiger partial charge in [-0.3, -0.25) is 10.1 Å². The maximum atomic E-state index is 11.4. The normalized spacial score (nSPS) is 14.9. The number of carboxylic acid groups (broad SMARTS) is 1. The molecule has 0 bridgehead atoms. The van der Waals surface area contributed by atoms with E-state index in [1.165, 1.54) is 36.3 Å². The van der Waals surface area contributed by atoms with Crippen LogP contribution in [0.1, 0.15) is 82.8 Å². The first-order chi connectivity index (χ1) is 16.4. The number of hydrogen-bond donors (Lipinski definition) is 2. The summed E-state index contributed by atoms with van der Waals surface area (Å²) in [6, 6.07) is 20.4. The molecule has 2 rings (SSSR count). The summed E-state index contributed by atoms with van der Waals surface area (Å²) in [5.41, 5.74) is 1.89. The molecule has 0 saturated heterocycles. The number of unbranched alkanes of at least 4 members (excludes halogenated alkanes) is 4. The quantitative estimate of drug-likeness (QED) is 0.128. The highest BCUT2D eigenvalue weighted by atomic mass is 32.2. The van der Waals surface area contributed by atoms with Gasteiger partial charge in [0, 0.05) is 10.8 Å². The number of benzene rings is 2. The second kappa shape index (κ2) is 15.2. The van der Waals surface area contributed by atoms with E-state index in [0.717, 1.165) is 37.7 Å². The Morgan fingerprint density at radius 2 is 1.24 bits per heavy atom. The van der Waals surface area contributed by atoms with Gasteiger partial charge in [-0.25, -0.2) is 4.89 Å². The highest BCUT2D eigenvalue weighted by Gasteiger charge is 2.29. The zero-order chi connectivity index (χ0) is 24.7. The highest BCUT2D eigenvalue weighted by Crippen LogP contribution is 2.34. The summed E-state index contributed by atoms with van der Waals surface area (Å²) in [4.78, 5) is 15.9. The van der Waals surface area contributed by atoms with Crippen LogP contribution in [-0.4, -0.2) is 34.4 Å². The molecule has 34 heavy (non-hydrogen) atoms. The zero-order valence-corrected chi connectivity index (χ0v) is 21.7. The molecule has 0 amide bonds. The average Bonchev–Trinajstić information content (AvgIpc) is 2.83. The number of thioether (sulfide) groups is 1. The van der Waals surface area contributed by atoms with Crippen LogP contribution in [0.25, 0.3) is 0 Å². The van der Waals surface area contributed by atoms with Gasteiger partial charge in [-0.05, 0) is 48.3 Å². The van der Waals surface area contributed by atoms with Gasteiger partial charge in [0.15, 0.2) is 0 Å². The van der Waals surface area contributed by atoms with Gasteiger partial charge in [-0.2, -0.15) is 11.8 Å². The van der Waals surface area contributed by atoms with Gasteiger partial charge in [0.1, 0.15) is 0 Å². The second-order valence-corrected chi connectivity index (χ2v) is 11.2. The van der Waals surface area contributed by atoms with E-state index in [9.17, 15) is 9.90 Å². The first-order valence-corrected chi connectivity index (χ1v) is 13.7. The summed E-state index contributed by atoms with van der Waals surface area (Å²) in [6.07, 6.45) is 8.99. The Balaban J connectivity index is 1.58. The number of aliphatic carboxylic acids is 1. The molecular formula is C29H42O4S. The Hall–Kier alpha value is -1.82. The van der Waals surface area contributed by atoms with Gasteiger partial charge >= 0.3 is 5.97 Å². The monoisotopic (exact) mass is 486 g/mol. The molecule has 0 heterocycles. The molecule has 0 radical (unpaired) electrons. The summed E-state index contributed by atoms with van der Waals surface area (Å²) >= 11 is 2.02. The first-order valence-electron chi connectivity index (χ1n) is 12.6. The minimum atomic E-state index is -0.727. The van der Waals surface area contributed by atoms with Gasteiger partial charge < -0.3 is 5.11 Å². The molecule has 0 aliphatic rings. The van der Waals surface area contributed by atoms with Crippen molar-refractivity contribution >= 4 is 17.7 Å². The SMILES string of the molecule is CC(CCCCCSCCCCCC(C)(CC(=O)O)c1ccccc1)(COO)c1ccccc1. The maximum absolute atomic E-state index is 11.4. The van der Waals surface area contributed by atoms with Crippen LogP contribution in [0.15, 0.2) is 60.7 Å². The second-order valence-electron chi connectivity index (χ2n) is 9.93. The first kappa shape index (κ1) is 28.4. The van der Waals surface area contributed by atoms with Crippen molar-refractivity contribution in [3.63, 3.8) is 0 Å². The van der Waals surface area contributed by atoms with E-state index in [-0.39, 0.29) is 17.3 Å². The minimum Gasteiger partial charge on any atom is -0.481 e. The average molecular weight is 487 g/mol. The van der Waals surface area contributed by atoms with Crippen molar-refractivity contribution in [2.24, 2.45) is 0 Å². The van der Waals surface area contributed by atoms with E-state index >= 15 is 0 Å². The molecule has 2 atom stereocenters. The summed E-state index contributed by atoms with van der Waals surface area (Å²) in [5.74, 6) is 1.62. The molecule has 0 spiro atoms. The van der Waals surface area contributed by atoms with Crippen LogP contribution in [0, 0.1) is 0 Å². The standard InChI is InChI=1S/C29H42O4S/c1-28(23-27(30)31,25-15-7-3-8-16-25)19-11-5-13-21-34-22-14-6-12-20-29(2,24-33-32)26-17-9-4-10-18-26/h3-4,7-10,15-18,32H,5-6,11-14,19-24H2,1-2H3,(H,30,31). The third kappa shape index (κ3) is 9.81. The molecule has 2 aromatic carbocycles. The Bertz CT molecular complexity index is 813. The van der Waals surface area contributed by atoms with E-state index < -0.39 is 5.97 Å². The molecule has 0 aliphatic heterocycles. The molecule has 0 fully saturated rings. The summed E-state index contributed by atoms with van der Waals surface area (Å²) < 4.78 is 0. The third-order valence-corrected chi connectivity index (χ3v) is 8.06. The van der Waals surface area contributed by atoms with Gasteiger partial charge in [0.25, 0.3) is 0 Å². The number of carbonyl (C=O) groups is 1. The fourth-order valence-electron chi connectivity index (χ4n) is 4.69. The molecule has 2 N–H and O–H groups in total. The fraction of sp³-hybridized carbons (Fsp3) is 0.552. The van der Waals surface area contributed by atoms with Crippen molar-refractivity contribution in [1.29, 1.82) is 0 Å². The molecule has 188 valence electrons. The van der Waals surface area contributed by atoms with Crippen LogP contribution in [0.4, 0.5) is 0 Å². The van der Waals surface area contributed by atoms with Crippen molar-refractivity contribution < 1.29 is 20.0 Å². The van der Waals surface area contributed by atoms with Crippen LogP contribution >= 0.6 is 11.8 Å². The Morgan fingerprint density at radius 3 is 1.71 bits per heavy atom. The van der Waals surface area contributed by atoms with Crippen LogP contribution in [-0.2, 0) is 20.5 Å². The number of carboxylic acids is 1. The van der Waals surface area contributed by atoms with Crippen LogP contribution in [0.3, 0.4) is 0 Å². The minimum absolute atomic E-state index is 0.155. The van der Waals surface area contributed by atoms with Gasteiger partial charge in [0.2, 0.25) is 0 Å². The summed E-state index contributed by atoms with van der Waals surface area (Å²) in [6.45, 7) is 4.56. The van der Waals surface area contributed by atoms with Crippen LogP contribution in [0.2, 0.25) is 0 Å². The van der Waals surface area contributed by atoms with Crippen molar-refractivity contribution in [3.05, 3.63) is 71.8 Å². The smallest absolute Gasteiger partial charge is 0.304 e. The van der Waals surface area contributed by atoms with E-state index in [1.807, 2.05) is 48.2 Å². The molecule has 2 aromatic rings. The molecular weight excluding hydrogens is 444 g/mol. The third-order valence-electron chi connectivity index (χ3n) is 6.90. The largest absolute Gasteiger partial charge is 0.481 e. The van der Waals surface area contributed by atoms with Crippen LogP contribution < -0.4 is 0 Å². The van der Waals surface area contributed by atoms with Gasteiger partial charge in [0.05, 0.1) is 13.0 Å². The lowest BCUT2D eigenvalue weighted by Gasteiger charge is -2.28. The summed E-state index contributed by atoms with van der Waals surface area (Å²) in [5, 5.41) is 18.4. The van der Waals surface area contributed by atoms with Gasteiger partial charge in [-0.15, -0.1) is 0 Å². The lowest BCUT2D eigenvalue weighted by molar-refractivity contribution is -0.253. The molecule has 0 aliphatic carbocycles. The number of rotatable bonds is 18. The lowest BCUT2D eigenvalue weighted by atomic mass is 9.75. The molecule has 0 saturated carbocycles. The lowest BCUT2D eigenvalue weighted by Crippen LogP contribution is -2.27. The molecule has 2 unspecified atom stereocenters. The summed E-state index contributed by atoms with van der Waals surface area (Å²) in [7, 11) is 0. The van der Waals surface area contributed by atoms with Crippen molar-refractivity contribution in [1.82, 2.24) is 0 Å². The topological polar surface area (TPSA) is 66.8 Å². The molecule has 4 nitrogen and oxygen atoms in total. The predicted molar refractivity (Wildman–Crippen MR) is 143 cm³/mol. The molecule has 0 aromatic heterocycles. The highest BCUT2D eigenvalue weighted by molar-refractivity contribution is 7.99. The molecule has 5 heteroatoms. The van der Waals surface area contributed by atoms with Crippen molar-refractivity contribution in [3.8, 4) is 0 Å². The zero-order valence-electron chi connectivity index (χ0n) is 20.9. The van der Waals surface area contributed by atoms with E-state index in [0.29, 0.717) is 6.61 Å². The Kier molecular flexibility index (Phi) is 12.7. The van der Waals surface area contributed by atoms with E-state index in [4.69, 9.17) is 5.26 Å². The van der Waals surface area contributed by atoms with Gasteiger partial charge in [-0.1, -0.05) is 100 Å². The number of hydrogen-bond acceptors (Lipinski definition) is 4. The predicted octanol–water partition coefficient (Wildman–Crippen LogP) is 7.72.